The topological polar surface area (TPSA) is 164 Å². The first-order valence-corrected chi connectivity index (χ1v) is 14.3. The molecule has 0 fully saturated rings. The molecule has 3 rings (SSSR count). The van der Waals surface area contributed by atoms with E-state index in [-0.39, 0.29) is 24.7 Å². The van der Waals surface area contributed by atoms with Gasteiger partial charge in [0.25, 0.3) is 5.56 Å². The smallest absolute Gasteiger partial charge is 0.258 e. The summed E-state index contributed by atoms with van der Waals surface area (Å²) >= 11 is 0. The van der Waals surface area contributed by atoms with Crippen molar-refractivity contribution >= 4 is 22.7 Å². The Morgan fingerprint density at radius 1 is 1.05 bits per heavy atom. The molecule has 3 aromatic rings. The molecule has 1 heterocycles. The average molecular weight is 598 g/mol. The first kappa shape index (κ1) is 33.8. The second-order valence-electron chi connectivity index (χ2n) is 11.5. The van der Waals surface area contributed by atoms with Gasteiger partial charge in [-0.05, 0) is 48.4 Å². The fourth-order valence-corrected chi connectivity index (χ4v) is 4.72. The largest absolute Gasteiger partial charge is 0.377 e. The van der Waals surface area contributed by atoms with Crippen molar-refractivity contribution in [1.29, 1.82) is 0 Å². The number of aromatic amines is 1. The van der Waals surface area contributed by atoms with Crippen molar-refractivity contribution < 1.29 is 29.1 Å². The molecule has 0 aliphatic heterocycles. The van der Waals surface area contributed by atoms with E-state index < -0.39 is 29.4 Å². The molecule has 1 aromatic heterocycles. The molecule has 0 aliphatic rings. The summed E-state index contributed by atoms with van der Waals surface area (Å²) in [7, 11) is 1.52. The van der Waals surface area contributed by atoms with E-state index in [0.717, 1.165) is 5.56 Å². The van der Waals surface area contributed by atoms with Gasteiger partial charge in [0.1, 0.15) is 11.9 Å². The van der Waals surface area contributed by atoms with Crippen LogP contribution in [0.1, 0.15) is 50.6 Å². The highest BCUT2D eigenvalue weighted by Gasteiger charge is 2.36. The number of hydrogen-bond donors (Lipinski definition) is 5. The van der Waals surface area contributed by atoms with Crippen molar-refractivity contribution in [2.75, 3.05) is 20.3 Å². The molecule has 5 N–H and O–H groups in total. The number of nitrogens with one attached hydrogen (secondary N) is 4. The highest BCUT2D eigenvalue weighted by Crippen LogP contribution is 2.23. The number of likely N-dealkylation sites (N-methyl/N-ethyl adjacent to an activating group) is 1. The van der Waals surface area contributed by atoms with E-state index in [1.54, 1.807) is 30.8 Å². The van der Waals surface area contributed by atoms with Crippen molar-refractivity contribution in [1.82, 2.24) is 26.2 Å². The number of rotatable bonds is 16. The maximum absolute atomic E-state index is 13.8. The summed E-state index contributed by atoms with van der Waals surface area (Å²) in [4.78, 5) is 51.0. The number of amides is 2. The summed E-state index contributed by atoms with van der Waals surface area (Å²) < 4.78 is 12.0. The van der Waals surface area contributed by atoms with E-state index in [1.165, 1.54) is 7.05 Å². The van der Waals surface area contributed by atoms with Gasteiger partial charge in [0.2, 0.25) is 11.8 Å². The van der Waals surface area contributed by atoms with Gasteiger partial charge < -0.3 is 25.1 Å². The monoisotopic (exact) mass is 597 g/mol. The SMILES string of the molecule is CNC(=O)[C@@H](NC(=O)[C@H](CCCOCc1ccccc1)C(CONO)OCc1ccc2nc(C)[nH]c(=O)c2c1)C(C)(C)C. The second kappa shape index (κ2) is 16.2. The molecule has 3 atom stereocenters. The standard InChI is InChI=1S/C31H43N5O7/c1-20-33-25-14-13-22(16-24(25)29(38)34-20)18-42-26(19-43-36-40)23(12-9-15-41-17-21-10-7-6-8-11-21)28(37)35-27(30(39)32-5)31(2,3)4/h6-8,10-11,13-14,16,23,26-27,36,40H,9,12,15,17-19H2,1-5H3,(H,32,39)(H,35,37)(H,33,34,38)/t23-,26?,27-/m1/s1. The fraction of sp³-hybridized carbons (Fsp3) is 0.484. The number of carbonyl (C=O) groups is 2. The van der Waals surface area contributed by atoms with Crippen molar-refractivity contribution in [3.63, 3.8) is 0 Å². The Kier molecular flexibility index (Phi) is 12.8. The van der Waals surface area contributed by atoms with Crippen molar-refractivity contribution in [3.05, 3.63) is 75.8 Å². The number of aryl methyl sites for hydroxylation is 1. The Labute approximate surface area is 251 Å². The highest BCUT2D eigenvalue weighted by atomic mass is 16.8. The molecular formula is C31H43N5O7. The van der Waals surface area contributed by atoms with Crippen LogP contribution in [0.2, 0.25) is 0 Å². The zero-order valence-corrected chi connectivity index (χ0v) is 25.4. The number of aromatic nitrogens is 2. The van der Waals surface area contributed by atoms with Gasteiger partial charge >= 0.3 is 0 Å². The predicted molar refractivity (Wildman–Crippen MR) is 161 cm³/mol. The molecule has 12 heteroatoms. The lowest BCUT2D eigenvalue weighted by Crippen LogP contribution is -2.55. The molecule has 0 bridgehead atoms. The van der Waals surface area contributed by atoms with Gasteiger partial charge in [-0.1, -0.05) is 62.8 Å². The van der Waals surface area contributed by atoms with Crippen LogP contribution < -0.4 is 21.8 Å². The molecule has 2 amide bonds. The molecule has 2 aromatic carbocycles. The van der Waals surface area contributed by atoms with Crippen LogP contribution in [-0.2, 0) is 37.1 Å². The van der Waals surface area contributed by atoms with E-state index in [9.17, 15) is 14.4 Å². The molecule has 0 saturated carbocycles. The van der Waals surface area contributed by atoms with Gasteiger partial charge in [-0.3, -0.25) is 24.4 Å². The Bertz CT molecular complexity index is 1390. The number of benzene rings is 2. The van der Waals surface area contributed by atoms with Gasteiger partial charge in [0.15, 0.2) is 0 Å². The zero-order chi connectivity index (χ0) is 31.4. The van der Waals surface area contributed by atoms with Crippen molar-refractivity contribution in [2.45, 2.75) is 65.9 Å². The van der Waals surface area contributed by atoms with Gasteiger partial charge in [0, 0.05) is 13.7 Å². The number of H-pyrrole nitrogens is 1. The van der Waals surface area contributed by atoms with Crippen LogP contribution in [0.25, 0.3) is 10.9 Å². The molecule has 43 heavy (non-hydrogen) atoms. The van der Waals surface area contributed by atoms with E-state index in [0.29, 0.717) is 48.3 Å². The van der Waals surface area contributed by atoms with Crippen LogP contribution in [-0.4, -0.2) is 59.4 Å². The third kappa shape index (κ3) is 10.2. The number of carbonyl (C=O) groups excluding carboxylic acids is 2. The fourth-order valence-electron chi connectivity index (χ4n) is 4.72. The number of fused-ring (bicyclic) bond motifs is 1. The zero-order valence-electron chi connectivity index (χ0n) is 25.4. The average Bonchev–Trinajstić information content (AvgIpc) is 2.97. The normalized spacial score (nSPS) is 13.8. The molecule has 12 nitrogen and oxygen atoms in total. The molecule has 0 aliphatic carbocycles. The summed E-state index contributed by atoms with van der Waals surface area (Å²) in [5.74, 6) is -0.965. The molecule has 0 radical (unpaired) electrons. The van der Waals surface area contributed by atoms with Crippen LogP contribution in [0.3, 0.4) is 0 Å². The maximum Gasteiger partial charge on any atom is 0.258 e. The lowest BCUT2D eigenvalue weighted by atomic mass is 9.85. The summed E-state index contributed by atoms with van der Waals surface area (Å²) in [6.07, 6.45) is 0.0447. The Morgan fingerprint density at radius 3 is 2.47 bits per heavy atom. The maximum atomic E-state index is 13.8. The Morgan fingerprint density at radius 2 is 1.79 bits per heavy atom. The Balaban J connectivity index is 1.79. The van der Waals surface area contributed by atoms with Crippen LogP contribution >= 0.6 is 0 Å². The summed E-state index contributed by atoms with van der Waals surface area (Å²) in [5, 5.41) is 15.1. The number of ether oxygens (including phenoxy) is 2. The van der Waals surface area contributed by atoms with Crippen LogP contribution in [0, 0.1) is 18.3 Å². The summed E-state index contributed by atoms with van der Waals surface area (Å²) in [5.41, 5.74) is 3.12. The van der Waals surface area contributed by atoms with Gasteiger partial charge in [0.05, 0.1) is 42.7 Å². The Hall–Kier alpha value is -3.68. The third-order valence-electron chi connectivity index (χ3n) is 7.03. The van der Waals surface area contributed by atoms with Gasteiger partial charge in [-0.2, -0.15) is 0 Å². The molecule has 1 unspecified atom stereocenters. The minimum absolute atomic E-state index is 0.0507. The highest BCUT2D eigenvalue weighted by molar-refractivity contribution is 5.89. The predicted octanol–water partition coefficient (Wildman–Crippen LogP) is 2.92. The van der Waals surface area contributed by atoms with E-state index in [4.69, 9.17) is 19.5 Å². The second-order valence-corrected chi connectivity index (χ2v) is 11.5. The minimum atomic E-state index is -0.829. The van der Waals surface area contributed by atoms with E-state index in [1.807, 2.05) is 51.1 Å². The quantitative estimate of drug-likeness (QED) is 0.123. The van der Waals surface area contributed by atoms with Crippen molar-refractivity contribution in [3.8, 4) is 0 Å². The van der Waals surface area contributed by atoms with Crippen LogP contribution in [0.5, 0.6) is 0 Å². The third-order valence-corrected chi connectivity index (χ3v) is 7.03. The number of nitrogens with zero attached hydrogens (tertiary/aromatic N) is 1. The van der Waals surface area contributed by atoms with Gasteiger partial charge in [-0.25, -0.2) is 4.98 Å². The minimum Gasteiger partial charge on any atom is -0.377 e. The lowest BCUT2D eigenvalue weighted by Gasteiger charge is -2.33. The summed E-state index contributed by atoms with van der Waals surface area (Å²) in [6, 6.07) is 14.2. The van der Waals surface area contributed by atoms with Crippen molar-refractivity contribution in [2.24, 2.45) is 11.3 Å². The molecule has 0 saturated heterocycles. The molecule has 234 valence electrons. The lowest BCUT2D eigenvalue weighted by molar-refractivity contribution is -0.170. The summed E-state index contributed by atoms with van der Waals surface area (Å²) in [6.45, 7) is 8.02. The molecule has 0 spiro atoms. The van der Waals surface area contributed by atoms with E-state index in [2.05, 4.69) is 20.6 Å². The van der Waals surface area contributed by atoms with Crippen LogP contribution in [0.4, 0.5) is 0 Å². The van der Waals surface area contributed by atoms with E-state index >= 15 is 0 Å². The number of hydrogen-bond acceptors (Lipinski definition) is 9. The van der Waals surface area contributed by atoms with Crippen LogP contribution in [0.15, 0.2) is 53.3 Å². The first-order chi connectivity index (χ1) is 20.5. The molecular weight excluding hydrogens is 554 g/mol. The van der Waals surface area contributed by atoms with Gasteiger partial charge in [-0.15, -0.1) is 0 Å². The first-order valence-electron chi connectivity index (χ1n) is 14.3.